The number of rotatable bonds is 4. The van der Waals surface area contributed by atoms with Crippen molar-refractivity contribution in [3.05, 3.63) is 17.8 Å². The van der Waals surface area contributed by atoms with Crippen LogP contribution in [0.15, 0.2) is 10.6 Å². The molecule has 2 heterocycles. The SMILES string of the molecule is CC(O)c1cnc(CC2CCN(C(C)C)CC2)o1. The maximum absolute atomic E-state index is 9.40. The Bertz CT molecular complexity index is 366. The van der Waals surface area contributed by atoms with E-state index < -0.39 is 6.10 Å². The van der Waals surface area contributed by atoms with E-state index in [-0.39, 0.29) is 0 Å². The highest BCUT2D eigenvalue weighted by Gasteiger charge is 2.22. The highest BCUT2D eigenvalue weighted by atomic mass is 16.4. The lowest BCUT2D eigenvalue weighted by molar-refractivity contribution is 0.142. The van der Waals surface area contributed by atoms with Gasteiger partial charge in [-0.3, -0.25) is 0 Å². The minimum Gasteiger partial charge on any atom is -0.443 e. The first-order valence-electron chi connectivity index (χ1n) is 6.93. The molecule has 1 unspecified atom stereocenters. The van der Waals surface area contributed by atoms with Crippen molar-refractivity contribution in [1.29, 1.82) is 0 Å². The molecule has 0 aliphatic carbocycles. The minimum atomic E-state index is -0.561. The summed E-state index contributed by atoms with van der Waals surface area (Å²) in [5, 5.41) is 9.40. The Morgan fingerprint density at radius 3 is 2.56 bits per heavy atom. The highest BCUT2D eigenvalue weighted by molar-refractivity contribution is 4.97. The van der Waals surface area contributed by atoms with Gasteiger partial charge in [0.15, 0.2) is 11.7 Å². The molecule has 1 aromatic heterocycles. The number of aliphatic hydroxyl groups is 1. The van der Waals surface area contributed by atoms with Crippen molar-refractivity contribution in [2.24, 2.45) is 5.92 Å². The molecule has 0 spiro atoms. The van der Waals surface area contributed by atoms with Gasteiger partial charge in [0.1, 0.15) is 6.10 Å². The molecule has 1 atom stereocenters. The average molecular weight is 252 g/mol. The van der Waals surface area contributed by atoms with E-state index in [4.69, 9.17) is 4.42 Å². The minimum absolute atomic E-state index is 0.561. The summed E-state index contributed by atoms with van der Waals surface area (Å²) in [6.07, 6.45) is 4.41. The van der Waals surface area contributed by atoms with Gasteiger partial charge in [-0.15, -0.1) is 0 Å². The number of likely N-dealkylation sites (tertiary alicyclic amines) is 1. The molecule has 1 N–H and O–H groups in total. The molecule has 0 bridgehead atoms. The fourth-order valence-corrected chi connectivity index (χ4v) is 2.53. The van der Waals surface area contributed by atoms with E-state index in [1.54, 1.807) is 13.1 Å². The van der Waals surface area contributed by atoms with E-state index in [0.717, 1.165) is 12.3 Å². The second kappa shape index (κ2) is 5.85. The summed E-state index contributed by atoms with van der Waals surface area (Å²) in [5.74, 6) is 2.01. The topological polar surface area (TPSA) is 49.5 Å². The predicted octanol–water partition coefficient (Wildman–Crippen LogP) is 2.39. The molecule has 0 amide bonds. The van der Waals surface area contributed by atoms with E-state index in [9.17, 15) is 5.11 Å². The van der Waals surface area contributed by atoms with Gasteiger partial charge in [-0.25, -0.2) is 4.98 Å². The molecule has 1 saturated heterocycles. The molecule has 1 aliphatic heterocycles. The number of nitrogens with zero attached hydrogens (tertiary/aromatic N) is 2. The normalized spacial score (nSPS) is 20.5. The third-order valence-corrected chi connectivity index (χ3v) is 3.83. The summed E-state index contributed by atoms with van der Waals surface area (Å²) in [6, 6.07) is 0.648. The Kier molecular flexibility index (Phi) is 4.40. The van der Waals surface area contributed by atoms with E-state index >= 15 is 0 Å². The third kappa shape index (κ3) is 3.33. The molecule has 1 aromatic rings. The lowest BCUT2D eigenvalue weighted by Crippen LogP contribution is -2.38. The van der Waals surface area contributed by atoms with Crippen LogP contribution in [-0.2, 0) is 6.42 Å². The maximum Gasteiger partial charge on any atom is 0.194 e. The smallest absolute Gasteiger partial charge is 0.194 e. The third-order valence-electron chi connectivity index (χ3n) is 3.83. The second-order valence-corrected chi connectivity index (χ2v) is 5.61. The Morgan fingerprint density at radius 2 is 2.06 bits per heavy atom. The molecule has 0 aromatic carbocycles. The highest BCUT2D eigenvalue weighted by Crippen LogP contribution is 2.23. The fourth-order valence-electron chi connectivity index (χ4n) is 2.53. The molecule has 2 rings (SSSR count). The summed E-state index contributed by atoms with van der Waals surface area (Å²) < 4.78 is 5.55. The van der Waals surface area contributed by atoms with Crippen LogP contribution >= 0.6 is 0 Å². The van der Waals surface area contributed by atoms with Gasteiger partial charge in [0.2, 0.25) is 0 Å². The number of oxazole rings is 1. The van der Waals surface area contributed by atoms with Crippen molar-refractivity contribution < 1.29 is 9.52 Å². The number of aromatic nitrogens is 1. The average Bonchev–Trinajstić information content (AvgIpc) is 2.78. The van der Waals surface area contributed by atoms with Crippen molar-refractivity contribution in [3.63, 3.8) is 0 Å². The zero-order chi connectivity index (χ0) is 13.1. The largest absolute Gasteiger partial charge is 0.443 e. The molecule has 1 fully saturated rings. The van der Waals surface area contributed by atoms with Crippen molar-refractivity contribution in [3.8, 4) is 0 Å². The molecular weight excluding hydrogens is 228 g/mol. The summed E-state index contributed by atoms with van der Waals surface area (Å²) >= 11 is 0. The molecule has 0 saturated carbocycles. The van der Waals surface area contributed by atoms with Gasteiger partial charge in [-0.2, -0.15) is 0 Å². The van der Waals surface area contributed by atoms with Gasteiger partial charge < -0.3 is 14.4 Å². The Hall–Kier alpha value is -0.870. The molecule has 18 heavy (non-hydrogen) atoms. The van der Waals surface area contributed by atoms with Crippen LogP contribution in [-0.4, -0.2) is 34.1 Å². The van der Waals surface area contributed by atoms with Crippen LogP contribution in [0.1, 0.15) is 51.4 Å². The summed E-state index contributed by atoms with van der Waals surface area (Å²) in [6.45, 7) is 8.55. The number of aliphatic hydroxyl groups excluding tert-OH is 1. The van der Waals surface area contributed by atoms with Crippen molar-refractivity contribution >= 4 is 0 Å². The van der Waals surface area contributed by atoms with Crippen LogP contribution in [0.2, 0.25) is 0 Å². The molecule has 1 aliphatic rings. The van der Waals surface area contributed by atoms with Gasteiger partial charge in [0, 0.05) is 12.5 Å². The van der Waals surface area contributed by atoms with Crippen LogP contribution in [0.5, 0.6) is 0 Å². The first-order chi connectivity index (χ1) is 8.56. The van der Waals surface area contributed by atoms with Crippen LogP contribution in [0, 0.1) is 5.92 Å². The van der Waals surface area contributed by atoms with E-state index in [1.807, 2.05) is 0 Å². The van der Waals surface area contributed by atoms with Crippen molar-refractivity contribution in [1.82, 2.24) is 9.88 Å². The molecule has 0 radical (unpaired) electrons. The van der Waals surface area contributed by atoms with Gasteiger partial charge in [-0.05, 0) is 52.6 Å². The monoisotopic (exact) mass is 252 g/mol. The van der Waals surface area contributed by atoms with Gasteiger partial charge in [-0.1, -0.05) is 0 Å². The van der Waals surface area contributed by atoms with Gasteiger partial charge in [0.25, 0.3) is 0 Å². The summed E-state index contributed by atoms with van der Waals surface area (Å²) in [5.41, 5.74) is 0. The zero-order valence-corrected chi connectivity index (χ0v) is 11.6. The predicted molar refractivity (Wildman–Crippen MR) is 70.3 cm³/mol. The summed E-state index contributed by atoms with van der Waals surface area (Å²) in [7, 11) is 0. The lowest BCUT2D eigenvalue weighted by atomic mass is 9.93. The first-order valence-corrected chi connectivity index (χ1v) is 6.93. The zero-order valence-electron chi connectivity index (χ0n) is 11.6. The first kappa shape index (κ1) is 13.6. The maximum atomic E-state index is 9.40. The lowest BCUT2D eigenvalue weighted by Gasteiger charge is -2.34. The Balaban J connectivity index is 1.84. The van der Waals surface area contributed by atoms with E-state index in [2.05, 4.69) is 23.7 Å². The quantitative estimate of drug-likeness (QED) is 0.894. The van der Waals surface area contributed by atoms with Crippen LogP contribution in [0.25, 0.3) is 0 Å². The van der Waals surface area contributed by atoms with Crippen LogP contribution in [0.3, 0.4) is 0 Å². The molecule has 4 heteroatoms. The Labute approximate surface area is 109 Å². The van der Waals surface area contributed by atoms with Crippen LogP contribution < -0.4 is 0 Å². The van der Waals surface area contributed by atoms with Crippen molar-refractivity contribution in [2.75, 3.05) is 13.1 Å². The van der Waals surface area contributed by atoms with E-state index in [0.29, 0.717) is 17.7 Å². The molecule has 4 nitrogen and oxygen atoms in total. The fraction of sp³-hybridized carbons (Fsp3) is 0.786. The summed E-state index contributed by atoms with van der Waals surface area (Å²) in [4.78, 5) is 6.77. The Morgan fingerprint density at radius 1 is 1.39 bits per heavy atom. The molecule has 102 valence electrons. The number of hydrogen-bond donors (Lipinski definition) is 1. The van der Waals surface area contributed by atoms with Gasteiger partial charge in [0.05, 0.1) is 6.20 Å². The van der Waals surface area contributed by atoms with Crippen molar-refractivity contribution in [2.45, 2.75) is 52.2 Å². The van der Waals surface area contributed by atoms with Crippen LogP contribution in [0.4, 0.5) is 0 Å². The van der Waals surface area contributed by atoms with E-state index in [1.165, 1.54) is 25.9 Å². The standard InChI is InChI=1S/C14H24N2O2/c1-10(2)16-6-4-12(5-7-16)8-14-15-9-13(18-14)11(3)17/h9-12,17H,4-8H2,1-3H3. The van der Waals surface area contributed by atoms with Gasteiger partial charge >= 0.3 is 0 Å². The number of hydrogen-bond acceptors (Lipinski definition) is 4. The number of piperidine rings is 1. The molecular formula is C14H24N2O2. The second-order valence-electron chi connectivity index (χ2n) is 5.61.